The smallest absolute Gasteiger partial charge is 0.328 e. The minimum Gasteiger partial charge on any atom is -0.478 e. The molecule has 0 bridgehead atoms. The third-order valence-corrected chi connectivity index (χ3v) is 5.77. The van der Waals surface area contributed by atoms with Gasteiger partial charge in [-0.1, -0.05) is 15.9 Å². The molecule has 0 aliphatic carbocycles. The fourth-order valence-electron chi connectivity index (χ4n) is 2.42. The minimum absolute atomic E-state index is 0.0758. The zero-order chi connectivity index (χ0) is 15.6. The first-order chi connectivity index (χ1) is 9.78. The van der Waals surface area contributed by atoms with Gasteiger partial charge in [0, 0.05) is 29.3 Å². The molecule has 2 rings (SSSR count). The van der Waals surface area contributed by atoms with Crippen LogP contribution in [0.15, 0.2) is 28.7 Å². The number of carboxylic acids is 1. The second-order valence-corrected chi connectivity index (χ2v) is 8.19. The SMILES string of the molecule is CN(c1ccc(Br)cc1/C=C/C(=O)O)C1CCS(=O)(=O)C1. The van der Waals surface area contributed by atoms with Crippen LogP contribution in [0.25, 0.3) is 6.08 Å². The second kappa shape index (κ2) is 6.19. The number of benzene rings is 1. The maximum atomic E-state index is 11.6. The number of sulfone groups is 1. The van der Waals surface area contributed by atoms with E-state index in [1.54, 1.807) is 0 Å². The van der Waals surface area contributed by atoms with E-state index in [1.807, 2.05) is 30.1 Å². The number of anilines is 1. The van der Waals surface area contributed by atoms with Crippen molar-refractivity contribution < 1.29 is 18.3 Å². The standard InChI is InChI=1S/C14H16BrNO4S/c1-16(12-6-7-21(19,20)9-12)13-4-3-11(15)8-10(13)2-5-14(17)18/h2-5,8,12H,6-7,9H2,1H3,(H,17,18)/b5-2+. The van der Waals surface area contributed by atoms with E-state index >= 15 is 0 Å². The summed E-state index contributed by atoms with van der Waals surface area (Å²) in [4.78, 5) is 12.6. The van der Waals surface area contributed by atoms with Crippen LogP contribution in [-0.2, 0) is 14.6 Å². The van der Waals surface area contributed by atoms with Crippen molar-refractivity contribution in [1.29, 1.82) is 0 Å². The van der Waals surface area contributed by atoms with E-state index in [4.69, 9.17) is 5.11 Å². The summed E-state index contributed by atoms with van der Waals surface area (Å²) in [5, 5.41) is 8.76. The zero-order valence-corrected chi connectivity index (χ0v) is 13.9. The predicted molar refractivity (Wildman–Crippen MR) is 86.3 cm³/mol. The summed E-state index contributed by atoms with van der Waals surface area (Å²) in [7, 11) is -1.12. The molecule has 1 unspecified atom stereocenters. The molecule has 1 saturated heterocycles. The molecule has 0 radical (unpaired) electrons. The maximum Gasteiger partial charge on any atom is 0.328 e. The molecule has 1 aliphatic rings. The molecule has 1 aromatic carbocycles. The Morgan fingerprint density at radius 3 is 2.76 bits per heavy atom. The van der Waals surface area contributed by atoms with E-state index in [9.17, 15) is 13.2 Å². The van der Waals surface area contributed by atoms with Crippen molar-refractivity contribution in [3.63, 3.8) is 0 Å². The molecule has 21 heavy (non-hydrogen) atoms. The molecule has 0 saturated carbocycles. The Morgan fingerprint density at radius 1 is 1.48 bits per heavy atom. The highest BCUT2D eigenvalue weighted by Gasteiger charge is 2.31. The van der Waals surface area contributed by atoms with Crippen molar-refractivity contribution in [2.75, 3.05) is 23.5 Å². The van der Waals surface area contributed by atoms with Crippen LogP contribution in [0.5, 0.6) is 0 Å². The fourth-order valence-corrected chi connectivity index (χ4v) is 4.57. The van der Waals surface area contributed by atoms with Gasteiger partial charge in [0.05, 0.1) is 11.5 Å². The second-order valence-electron chi connectivity index (χ2n) is 5.04. The van der Waals surface area contributed by atoms with Gasteiger partial charge in [-0.3, -0.25) is 0 Å². The summed E-state index contributed by atoms with van der Waals surface area (Å²) in [6.07, 6.45) is 3.18. The molecule has 1 fully saturated rings. The minimum atomic E-state index is -2.96. The normalized spacial score (nSPS) is 20.8. The number of carboxylic acid groups (broad SMARTS) is 1. The topological polar surface area (TPSA) is 74.7 Å². The molecular weight excluding hydrogens is 358 g/mol. The number of rotatable bonds is 4. The Balaban J connectivity index is 2.32. The highest BCUT2D eigenvalue weighted by molar-refractivity contribution is 9.10. The summed E-state index contributed by atoms with van der Waals surface area (Å²) in [5.74, 6) is -0.674. The molecule has 1 heterocycles. The van der Waals surface area contributed by atoms with Crippen LogP contribution in [0.1, 0.15) is 12.0 Å². The molecule has 1 N–H and O–H groups in total. The van der Waals surface area contributed by atoms with Gasteiger partial charge in [-0.05, 0) is 36.3 Å². The number of halogens is 1. The van der Waals surface area contributed by atoms with Gasteiger partial charge in [-0.2, -0.15) is 0 Å². The summed E-state index contributed by atoms with van der Waals surface area (Å²) < 4.78 is 24.0. The van der Waals surface area contributed by atoms with Crippen LogP contribution in [0.2, 0.25) is 0 Å². The average molecular weight is 374 g/mol. The lowest BCUT2D eigenvalue weighted by atomic mass is 10.1. The van der Waals surface area contributed by atoms with Gasteiger partial charge < -0.3 is 10.0 Å². The Labute approximate surface area is 132 Å². The van der Waals surface area contributed by atoms with Crippen molar-refractivity contribution >= 4 is 43.5 Å². The lowest BCUT2D eigenvalue weighted by molar-refractivity contribution is -0.131. The Kier molecular flexibility index (Phi) is 4.73. The van der Waals surface area contributed by atoms with E-state index in [2.05, 4.69) is 15.9 Å². The summed E-state index contributed by atoms with van der Waals surface area (Å²) in [5.41, 5.74) is 1.55. The van der Waals surface area contributed by atoms with Crippen LogP contribution in [-0.4, -0.2) is 44.1 Å². The lowest BCUT2D eigenvalue weighted by Gasteiger charge is -2.27. The van der Waals surface area contributed by atoms with Crippen molar-refractivity contribution in [3.05, 3.63) is 34.3 Å². The highest BCUT2D eigenvalue weighted by Crippen LogP contribution is 2.29. The van der Waals surface area contributed by atoms with Crippen LogP contribution in [0, 0.1) is 0 Å². The van der Waals surface area contributed by atoms with E-state index in [0.717, 1.165) is 21.8 Å². The molecule has 5 nitrogen and oxygen atoms in total. The Bertz CT molecular complexity index is 684. The zero-order valence-electron chi connectivity index (χ0n) is 11.5. The first-order valence-corrected chi connectivity index (χ1v) is 9.04. The van der Waals surface area contributed by atoms with Gasteiger partial charge in [-0.25, -0.2) is 13.2 Å². The lowest BCUT2D eigenvalue weighted by Crippen LogP contribution is -2.33. The highest BCUT2D eigenvalue weighted by atomic mass is 79.9. The van der Waals surface area contributed by atoms with Gasteiger partial charge in [-0.15, -0.1) is 0 Å². The number of hydrogen-bond acceptors (Lipinski definition) is 4. The summed E-state index contributed by atoms with van der Waals surface area (Å²) in [6.45, 7) is 0. The predicted octanol–water partition coefficient (Wildman–Crippen LogP) is 2.17. The third kappa shape index (κ3) is 4.07. The van der Waals surface area contributed by atoms with Gasteiger partial charge in [0.1, 0.15) is 0 Å². The van der Waals surface area contributed by atoms with Crippen LogP contribution >= 0.6 is 15.9 Å². The van der Waals surface area contributed by atoms with Crippen LogP contribution in [0.3, 0.4) is 0 Å². The van der Waals surface area contributed by atoms with Crippen molar-refractivity contribution in [1.82, 2.24) is 0 Å². The van der Waals surface area contributed by atoms with Crippen molar-refractivity contribution in [2.24, 2.45) is 0 Å². The Morgan fingerprint density at radius 2 is 2.19 bits per heavy atom. The van der Waals surface area contributed by atoms with E-state index in [-0.39, 0.29) is 17.5 Å². The maximum absolute atomic E-state index is 11.6. The first kappa shape index (κ1) is 16.0. The number of carbonyl (C=O) groups is 1. The molecule has 114 valence electrons. The average Bonchev–Trinajstić information content (AvgIpc) is 2.76. The van der Waals surface area contributed by atoms with Gasteiger partial charge in [0.15, 0.2) is 9.84 Å². The Hall–Kier alpha value is -1.34. The van der Waals surface area contributed by atoms with E-state index < -0.39 is 15.8 Å². The monoisotopic (exact) mass is 373 g/mol. The van der Waals surface area contributed by atoms with Gasteiger partial charge in [0.2, 0.25) is 0 Å². The molecular formula is C14H16BrNO4S. The molecule has 1 aliphatic heterocycles. The molecule has 1 atom stereocenters. The van der Waals surface area contributed by atoms with Gasteiger partial charge in [0.25, 0.3) is 0 Å². The molecule has 0 amide bonds. The third-order valence-electron chi connectivity index (χ3n) is 3.53. The van der Waals surface area contributed by atoms with Crippen LogP contribution in [0.4, 0.5) is 5.69 Å². The summed E-state index contributed by atoms with van der Waals surface area (Å²) >= 11 is 3.36. The largest absolute Gasteiger partial charge is 0.478 e. The van der Waals surface area contributed by atoms with E-state index in [0.29, 0.717) is 6.42 Å². The van der Waals surface area contributed by atoms with Crippen molar-refractivity contribution in [3.8, 4) is 0 Å². The summed E-state index contributed by atoms with van der Waals surface area (Å²) in [6, 6.07) is 5.45. The molecule has 1 aromatic rings. The number of hydrogen-bond donors (Lipinski definition) is 1. The fraction of sp³-hybridized carbons (Fsp3) is 0.357. The quantitative estimate of drug-likeness (QED) is 0.818. The van der Waals surface area contributed by atoms with E-state index in [1.165, 1.54) is 6.08 Å². The molecule has 7 heteroatoms. The van der Waals surface area contributed by atoms with Gasteiger partial charge >= 0.3 is 5.97 Å². The van der Waals surface area contributed by atoms with Crippen LogP contribution < -0.4 is 4.90 Å². The molecule has 0 aromatic heterocycles. The molecule has 0 spiro atoms. The van der Waals surface area contributed by atoms with Crippen molar-refractivity contribution in [2.45, 2.75) is 12.5 Å². The first-order valence-electron chi connectivity index (χ1n) is 6.42. The number of aliphatic carboxylic acids is 1. The number of nitrogens with zero attached hydrogens (tertiary/aromatic N) is 1.